The van der Waals surface area contributed by atoms with Crippen LogP contribution in [0.25, 0.3) is 0 Å². The third-order valence-electron chi connectivity index (χ3n) is 3.57. The van der Waals surface area contributed by atoms with Crippen molar-refractivity contribution in [3.8, 4) is 0 Å². The molecule has 0 spiro atoms. The zero-order valence-corrected chi connectivity index (χ0v) is 18.2. The fourth-order valence-electron chi connectivity index (χ4n) is 2.40. The number of halogens is 2. The predicted octanol–water partition coefficient (Wildman–Crippen LogP) is 2.67. The van der Waals surface area contributed by atoms with Crippen LogP contribution >= 0.6 is 35.7 Å². The van der Waals surface area contributed by atoms with Gasteiger partial charge in [0.1, 0.15) is 5.82 Å². The molecule has 0 radical (unpaired) electrons. The quantitative estimate of drug-likeness (QED) is 0.198. The van der Waals surface area contributed by atoms with Crippen molar-refractivity contribution in [1.82, 2.24) is 10.6 Å². The minimum atomic E-state index is -2.89. The summed E-state index contributed by atoms with van der Waals surface area (Å²) >= 11 is 1.67. The van der Waals surface area contributed by atoms with Gasteiger partial charge in [0.25, 0.3) is 0 Å². The lowest BCUT2D eigenvalue weighted by molar-refractivity contribution is 0.599. The van der Waals surface area contributed by atoms with Gasteiger partial charge in [-0.3, -0.25) is 4.99 Å². The van der Waals surface area contributed by atoms with Crippen LogP contribution in [-0.2, 0) is 9.84 Å². The molecule has 0 saturated carbocycles. The van der Waals surface area contributed by atoms with Crippen LogP contribution in [-0.4, -0.2) is 50.8 Å². The number of hydrogen-bond acceptors (Lipinski definition) is 4. The second kappa shape index (κ2) is 11.2. The van der Waals surface area contributed by atoms with Gasteiger partial charge in [-0.25, -0.2) is 12.8 Å². The van der Waals surface area contributed by atoms with Gasteiger partial charge in [0.15, 0.2) is 15.8 Å². The van der Waals surface area contributed by atoms with Gasteiger partial charge in [0.05, 0.1) is 11.5 Å². The van der Waals surface area contributed by atoms with Gasteiger partial charge in [-0.05, 0) is 49.8 Å². The fraction of sp³-hybridized carbons (Fsp3) is 0.562. The highest BCUT2D eigenvalue weighted by atomic mass is 127. The van der Waals surface area contributed by atoms with Crippen molar-refractivity contribution in [2.75, 3.05) is 30.3 Å². The van der Waals surface area contributed by atoms with Crippen LogP contribution in [0.4, 0.5) is 4.39 Å². The molecule has 1 fully saturated rings. The maximum absolute atomic E-state index is 12.8. The molecule has 1 unspecified atom stereocenters. The lowest BCUT2D eigenvalue weighted by Gasteiger charge is -2.15. The molecule has 1 saturated heterocycles. The number of benzene rings is 1. The molecule has 5 nitrogen and oxygen atoms in total. The number of nitrogens with one attached hydrogen (secondary N) is 2. The summed E-state index contributed by atoms with van der Waals surface area (Å²) in [5, 5.41) is 6.35. The fourth-order valence-corrected chi connectivity index (χ4v) is 4.91. The highest BCUT2D eigenvalue weighted by Crippen LogP contribution is 2.18. The smallest absolute Gasteiger partial charge is 0.191 e. The number of aliphatic imine (C=N–C) groups is 1. The average molecular weight is 501 g/mol. The third kappa shape index (κ3) is 8.59. The summed E-state index contributed by atoms with van der Waals surface area (Å²) in [6.07, 6.45) is 1.52. The van der Waals surface area contributed by atoms with Crippen molar-refractivity contribution in [3.05, 3.63) is 30.1 Å². The first-order chi connectivity index (χ1) is 11.5. The Morgan fingerprint density at radius 1 is 1.36 bits per heavy atom. The summed E-state index contributed by atoms with van der Waals surface area (Å²) in [6, 6.07) is 6.42. The van der Waals surface area contributed by atoms with Crippen molar-refractivity contribution < 1.29 is 12.8 Å². The summed E-state index contributed by atoms with van der Waals surface area (Å²) in [5.74, 6) is 1.77. The molecule has 2 N–H and O–H groups in total. The van der Waals surface area contributed by atoms with E-state index >= 15 is 0 Å². The van der Waals surface area contributed by atoms with Crippen molar-refractivity contribution in [1.29, 1.82) is 0 Å². The van der Waals surface area contributed by atoms with E-state index in [2.05, 4.69) is 15.6 Å². The van der Waals surface area contributed by atoms with E-state index in [-0.39, 0.29) is 47.3 Å². The van der Waals surface area contributed by atoms with Crippen molar-refractivity contribution in [2.45, 2.75) is 30.7 Å². The molecule has 1 aliphatic heterocycles. The SMILES string of the molecule is CCNC(=NCCCSc1ccc(F)cc1)NC1CCS(=O)(=O)C1.I. The Hall–Kier alpha value is -0.550. The molecular formula is C16H25FIN3O2S2. The van der Waals surface area contributed by atoms with Gasteiger partial charge in [-0.15, -0.1) is 35.7 Å². The summed E-state index contributed by atoms with van der Waals surface area (Å²) in [6.45, 7) is 3.37. The van der Waals surface area contributed by atoms with E-state index in [1.165, 1.54) is 12.1 Å². The summed E-state index contributed by atoms with van der Waals surface area (Å²) < 4.78 is 35.8. The van der Waals surface area contributed by atoms with Crippen LogP contribution in [0, 0.1) is 5.82 Å². The summed E-state index contributed by atoms with van der Waals surface area (Å²) in [5.41, 5.74) is 0. The van der Waals surface area contributed by atoms with Crippen LogP contribution in [0.2, 0.25) is 0 Å². The monoisotopic (exact) mass is 501 g/mol. The number of guanidine groups is 1. The molecule has 1 aromatic rings. The lowest BCUT2D eigenvalue weighted by Crippen LogP contribution is -2.44. The largest absolute Gasteiger partial charge is 0.357 e. The number of hydrogen-bond donors (Lipinski definition) is 2. The van der Waals surface area contributed by atoms with E-state index in [0.29, 0.717) is 18.9 Å². The first kappa shape index (κ1) is 22.5. The Balaban J connectivity index is 0.00000312. The van der Waals surface area contributed by atoms with Crippen molar-refractivity contribution >= 4 is 51.5 Å². The first-order valence-electron chi connectivity index (χ1n) is 8.12. The van der Waals surface area contributed by atoms with E-state index in [0.717, 1.165) is 23.6 Å². The van der Waals surface area contributed by atoms with Crippen molar-refractivity contribution in [3.63, 3.8) is 0 Å². The Morgan fingerprint density at radius 3 is 2.68 bits per heavy atom. The Morgan fingerprint density at radius 2 is 2.08 bits per heavy atom. The molecule has 25 heavy (non-hydrogen) atoms. The number of thioether (sulfide) groups is 1. The molecule has 142 valence electrons. The van der Waals surface area contributed by atoms with Gasteiger partial charge in [0.2, 0.25) is 0 Å². The number of sulfone groups is 1. The van der Waals surface area contributed by atoms with E-state index in [1.807, 2.05) is 6.92 Å². The highest BCUT2D eigenvalue weighted by Gasteiger charge is 2.28. The maximum Gasteiger partial charge on any atom is 0.191 e. The first-order valence-corrected chi connectivity index (χ1v) is 10.9. The Labute approximate surface area is 170 Å². The molecule has 1 aliphatic rings. The minimum Gasteiger partial charge on any atom is -0.357 e. The van der Waals surface area contributed by atoms with Crippen LogP contribution in [0.15, 0.2) is 34.2 Å². The van der Waals surface area contributed by atoms with Crippen LogP contribution in [0.5, 0.6) is 0 Å². The molecule has 0 bridgehead atoms. The third-order valence-corrected chi connectivity index (χ3v) is 6.44. The normalized spacial score (nSPS) is 19.3. The van der Waals surface area contributed by atoms with E-state index in [4.69, 9.17) is 0 Å². The van der Waals surface area contributed by atoms with E-state index < -0.39 is 9.84 Å². The Kier molecular flexibility index (Phi) is 10.1. The Bertz CT molecular complexity index is 654. The molecule has 1 aromatic carbocycles. The van der Waals surface area contributed by atoms with Gasteiger partial charge < -0.3 is 10.6 Å². The van der Waals surface area contributed by atoms with Crippen molar-refractivity contribution in [2.24, 2.45) is 4.99 Å². The van der Waals surface area contributed by atoms with E-state index in [1.54, 1.807) is 23.9 Å². The second-order valence-electron chi connectivity index (χ2n) is 5.66. The minimum absolute atomic E-state index is 0. The molecule has 0 amide bonds. The van der Waals surface area contributed by atoms with Gasteiger partial charge in [0, 0.05) is 24.0 Å². The molecular weight excluding hydrogens is 476 g/mol. The topological polar surface area (TPSA) is 70.6 Å². The molecule has 2 rings (SSSR count). The molecule has 9 heteroatoms. The number of rotatable bonds is 7. The molecule has 0 aliphatic carbocycles. The average Bonchev–Trinajstić information content (AvgIpc) is 2.88. The zero-order valence-electron chi connectivity index (χ0n) is 14.2. The molecule has 1 atom stereocenters. The van der Waals surface area contributed by atoms with Gasteiger partial charge >= 0.3 is 0 Å². The summed E-state index contributed by atoms with van der Waals surface area (Å²) in [4.78, 5) is 5.54. The standard InChI is InChI=1S/C16H24FN3O2S2.HI/c1-2-18-16(20-14-8-11-24(21,22)12-14)19-9-3-10-23-15-6-4-13(17)5-7-15;/h4-7,14H,2-3,8-12H2,1H3,(H2,18,19,20);1H. The van der Waals surface area contributed by atoms with E-state index in [9.17, 15) is 12.8 Å². The highest BCUT2D eigenvalue weighted by molar-refractivity contribution is 14.0. The lowest BCUT2D eigenvalue weighted by atomic mass is 10.3. The number of nitrogens with zero attached hydrogens (tertiary/aromatic N) is 1. The molecule has 0 aromatic heterocycles. The van der Waals surface area contributed by atoms with Gasteiger partial charge in [-0.1, -0.05) is 0 Å². The van der Waals surface area contributed by atoms with Gasteiger partial charge in [-0.2, -0.15) is 0 Å². The zero-order chi connectivity index (χ0) is 17.4. The van der Waals surface area contributed by atoms with Crippen LogP contribution in [0.3, 0.4) is 0 Å². The second-order valence-corrected chi connectivity index (χ2v) is 9.06. The summed E-state index contributed by atoms with van der Waals surface area (Å²) in [7, 11) is -2.89. The van der Waals surface area contributed by atoms with Crippen LogP contribution in [0.1, 0.15) is 19.8 Å². The van der Waals surface area contributed by atoms with Crippen LogP contribution < -0.4 is 10.6 Å². The predicted molar refractivity (Wildman–Crippen MR) is 113 cm³/mol. The maximum atomic E-state index is 12.8. The molecule has 1 heterocycles.